The summed E-state index contributed by atoms with van der Waals surface area (Å²) in [5, 5.41) is 3.12. The second-order valence-corrected chi connectivity index (χ2v) is 7.26. The number of carbonyl (C=O) groups is 1. The van der Waals surface area contributed by atoms with Crippen molar-refractivity contribution in [1.82, 2.24) is 5.32 Å². The van der Waals surface area contributed by atoms with Crippen molar-refractivity contribution in [2.24, 2.45) is 0 Å². The average Bonchev–Trinajstić information content (AvgIpc) is 2.77. The Kier molecular flexibility index (Phi) is 4.77. The molecule has 1 saturated heterocycles. The topological polar surface area (TPSA) is 72.5 Å². The molecule has 5 nitrogen and oxygen atoms in total. The second-order valence-electron chi connectivity index (χ2n) is 5.03. The van der Waals surface area contributed by atoms with Crippen molar-refractivity contribution in [3.05, 3.63) is 35.9 Å². The summed E-state index contributed by atoms with van der Waals surface area (Å²) in [5.41, 5.74) is 1.01. The Morgan fingerprint density at radius 1 is 1.40 bits per heavy atom. The molecular weight excluding hydrogens is 278 g/mol. The Bertz CT molecular complexity index is 556. The number of ether oxygens (including phenoxy) is 1. The number of nitrogens with one attached hydrogen (secondary N) is 1. The lowest BCUT2D eigenvalue weighted by Crippen LogP contribution is -2.45. The predicted molar refractivity (Wildman–Crippen MR) is 76.1 cm³/mol. The zero-order valence-corrected chi connectivity index (χ0v) is 12.2. The highest BCUT2D eigenvalue weighted by Crippen LogP contribution is 2.13. The van der Waals surface area contributed by atoms with E-state index in [0.717, 1.165) is 5.56 Å². The molecule has 6 heteroatoms. The highest BCUT2D eigenvalue weighted by Gasteiger charge is 2.31. The van der Waals surface area contributed by atoms with E-state index in [4.69, 9.17) is 4.74 Å². The molecule has 1 N–H and O–H groups in total. The molecule has 0 aliphatic carbocycles. The quantitative estimate of drug-likeness (QED) is 0.804. The third kappa shape index (κ3) is 4.05. The van der Waals surface area contributed by atoms with Crippen LogP contribution < -0.4 is 5.32 Å². The van der Waals surface area contributed by atoms with E-state index in [-0.39, 0.29) is 23.5 Å². The minimum atomic E-state index is -2.96. The number of esters is 1. The number of methoxy groups -OCH3 is 1. The maximum Gasteiger partial charge on any atom is 0.323 e. The minimum absolute atomic E-state index is 0.0925. The van der Waals surface area contributed by atoms with Crippen molar-refractivity contribution >= 4 is 15.8 Å². The average molecular weight is 297 g/mol. The maximum absolute atomic E-state index is 11.8. The van der Waals surface area contributed by atoms with Gasteiger partial charge in [0.15, 0.2) is 9.84 Å². The highest BCUT2D eigenvalue weighted by atomic mass is 32.2. The van der Waals surface area contributed by atoms with Gasteiger partial charge in [-0.2, -0.15) is 0 Å². The summed E-state index contributed by atoms with van der Waals surface area (Å²) in [6, 6.07) is 8.90. The monoisotopic (exact) mass is 297 g/mol. The molecule has 1 fully saturated rings. The number of hydrogen-bond acceptors (Lipinski definition) is 5. The van der Waals surface area contributed by atoms with Crippen molar-refractivity contribution in [2.75, 3.05) is 18.6 Å². The summed E-state index contributed by atoms with van der Waals surface area (Å²) in [6.45, 7) is 0. The molecule has 20 heavy (non-hydrogen) atoms. The zero-order valence-electron chi connectivity index (χ0n) is 11.4. The SMILES string of the molecule is COC(=O)C(Cc1ccccc1)NC1CCS(=O)(=O)C1. The molecule has 0 bridgehead atoms. The third-order valence-electron chi connectivity index (χ3n) is 3.44. The van der Waals surface area contributed by atoms with Crippen LogP contribution in [0.4, 0.5) is 0 Å². The Morgan fingerprint density at radius 3 is 2.65 bits per heavy atom. The van der Waals surface area contributed by atoms with Crippen molar-refractivity contribution in [1.29, 1.82) is 0 Å². The summed E-state index contributed by atoms with van der Waals surface area (Å²) in [7, 11) is -1.62. The Balaban J connectivity index is 2.03. The molecule has 2 unspecified atom stereocenters. The van der Waals surface area contributed by atoms with Gasteiger partial charge >= 0.3 is 5.97 Å². The van der Waals surface area contributed by atoms with E-state index in [0.29, 0.717) is 12.8 Å². The van der Waals surface area contributed by atoms with Crippen molar-refractivity contribution < 1.29 is 17.9 Å². The first kappa shape index (κ1) is 15.0. The van der Waals surface area contributed by atoms with E-state index < -0.39 is 15.9 Å². The third-order valence-corrected chi connectivity index (χ3v) is 5.21. The van der Waals surface area contributed by atoms with Gasteiger partial charge in [-0.15, -0.1) is 0 Å². The molecule has 0 amide bonds. The van der Waals surface area contributed by atoms with Crippen LogP contribution in [0.15, 0.2) is 30.3 Å². The highest BCUT2D eigenvalue weighted by molar-refractivity contribution is 7.91. The lowest BCUT2D eigenvalue weighted by Gasteiger charge is -2.20. The van der Waals surface area contributed by atoms with Gasteiger partial charge in [0.1, 0.15) is 6.04 Å². The molecule has 0 saturated carbocycles. The summed E-state index contributed by atoms with van der Waals surface area (Å²) in [6.07, 6.45) is 1.04. The second kappa shape index (κ2) is 6.37. The molecule has 1 aromatic carbocycles. The van der Waals surface area contributed by atoms with E-state index in [9.17, 15) is 13.2 Å². The molecule has 110 valence electrons. The van der Waals surface area contributed by atoms with E-state index >= 15 is 0 Å². The lowest BCUT2D eigenvalue weighted by molar-refractivity contribution is -0.143. The van der Waals surface area contributed by atoms with Gasteiger partial charge in [0.05, 0.1) is 18.6 Å². The van der Waals surface area contributed by atoms with Crippen LogP contribution in [-0.4, -0.2) is 45.1 Å². The van der Waals surface area contributed by atoms with Crippen LogP contribution in [0.1, 0.15) is 12.0 Å². The zero-order chi connectivity index (χ0) is 14.6. The number of sulfone groups is 1. The van der Waals surface area contributed by atoms with Gasteiger partial charge in [0.25, 0.3) is 0 Å². The van der Waals surface area contributed by atoms with Crippen LogP contribution >= 0.6 is 0 Å². The molecule has 1 aliphatic heterocycles. The Labute approximate surface area is 119 Å². The van der Waals surface area contributed by atoms with Gasteiger partial charge in [-0.1, -0.05) is 30.3 Å². The number of benzene rings is 1. The maximum atomic E-state index is 11.8. The smallest absolute Gasteiger partial charge is 0.323 e. The van der Waals surface area contributed by atoms with Gasteiger partial charge < -0.3 is 10.1 Å². The number of carbonyl (C=O) groups excluding carboxylic acids is 1. The van der Waals surface area contributed by atoms with E-state index in [1.54, 1.807) is 0 Å². The molecule has 2 rings (SSSR count). The van der Waals surface area contributed by atoms with Gasteiger partial charge in [0.2, 0.25) is 0 Å². The first-order valence-electron chi connectivity index (χ1n) is 6.58. The predicted octanol–water partition coefficient (Wildman–Crippen LogP) is 0.547. The van der Waals surface area contributed by atoms with Gasteiger partial charge in [-0.3, -0.25) is 4.79 Å². The largest absolute Gasteiger partial charge is 0.468 e. The van der Waals surface area contributed by atoms with Crippen LogP contribution in [0.3, 0.4) is 0 Å². The van der Waals surface area contributed by atoms with E-state index in [1.165, 1.54) is 7.11 Å². The summed E-state index contributed by atoms with van der Waals surface area (Å²) < 4.78 is 27.7. The fraction of sp³-hybridized carbons (Fsp3) is 0.500. The first-order valence-corrected chi connectivity index (χ1v) is 8.40. The number of rotatable bonds is 5. The minimum Gasteiger partial charge on any atom is -0.468 e. The normalized spacial score (nSPS) is 22.4. The van der Waals surface area contributed by atoms with Crippen LogP contribution in [0.25, 0.3) is 0 Å². The van der Waals surface area contributed by atoms with Gasteiger partial charge in [0, 0.05) is 6.04 Å². The fourth-order valence-electron chi connectivity index (χ4n) is 2.41. The van der Waals surface area contributed by atoms with Crippen molar-refractivity contribution in [3.8, 4) is 0 Å². The van der Waals surface area contributed by atoms with Gasteiger partial charge in [-0.25, -0.2) is 8.42 Å². The van der Waals surface area contributed by atoms with Crippen LogP contribution in [0, 0.1) is 0 Å². The first-order chi connectivity index (χ1) is 9.50. The molecule has 0 aromatic heterocycles. The molecule has 2 atom stereocenters. The van der Waals surface area contributed by atoms with Crippen LogP contribution in [0.2, 0.25) is 0 Å². The number of hydrogen-bond donors (Lipinski definition) is 1. The fourth-order valence-corrected chi connectivity index (χ4v) is 4.10. The summed E-state index contributed by atoms with van der Waals surface area (Å²) >= 11 is 0. The van der Waals surface area contributed by atoms with Crippen LogP contribution in [0.5, 0.6) is 0 Å². The van der Waals surface area contributed by atoms with Crippen molar-refractivity contribution in [3.63, 3.8) is 0 Å². The Morgan fingerprint density at radius 2 is 2.10 bits per heavy atom. The van der Waals surface area contributed by atoms with E-state index in [1.807, 2.05) is 30.3 Å². The standard InChI is InChI=1S/C14H19NO4S/c1-19-14(16)13(9-11-5-3-2-4-6-11)15-12-7-8-20(17,18)10-12/h2-6,12-13,15H,7-10H2,1H3. The summed E-state index contributed by atoms with van der Waals surface area (Å²) in [4.78, 5) is 11.8. The van der Waals surface area contributed by atoms with Crippen LogP contribution in [-0.2, 0) is 25.8 Å². The molecule has 1 aliphatic rings. The molecule has 1 heterocycles. The lowest BCUT2D eigenvalue weighted by atomic mass is 10.0. The van der Waals surface area contributed by atoms with E-state index in [2.05, 4.69) is 5.32 Å². The molecule has 0 radical (unpaired) electrons. The summed E-state index contributed by atoms with van der Waals surface area (Å²) in [5.74, 6) is -0.0859. The van der Waals surface area contributed by atoms with Crippen molar-refractivity contribution in [2.45, 2.75) is 24.9 Å². The van der Waals surface area contributed by atoms with Gasteiger partial charge in [-0.05, 0) is 18.4 Å². The molecular formula is C14H19NO4S. The molecule has 1 aromatic rings. The Hall–Kier alpha value is -1.40. The molecule has 0 spiro atoms.